The van der Waals surface area contributed by atoms with E-state index in [4.69, 9.17) is 4.74 Å². The number of nitrogens with one attached hydrogen (secondary N) is 2. The van der Waals surface area contributed by atoms with Crippen molar-refractivity contribution in [2.75, 3.05) is 44.6 Å². The van der Waals surface area contributed by atoms with Gasteiger partial charge in [0.1, 0.15) is 5.75 Å². The van der Waals surface area contributed by atoms with Gasteiger partial charge in [0.2, 0.25) is 5.91 Å². The number of benzene rings is 1. The Hall–Kier alpha value is -1.59. The second kappa shape index (κ2) is 7.11. The highest BCUT2D eigenvalue weighted by atomic mass is 16.5. The van der Waals surface area contributed by atoms with Gasteiger partial charge in [-0.2, -0.15) is 0 Å². The fourth-order valence-electron chi connectivity index (χ4n) is 3.46. The largest absolute Gasteiger partial charge is 0.494 e. The monoisotopic (exact) mass is 303 g/mol. The molecule has 3 rings (SSSR count). The van der Waals surface area contributed by atoms with Crippen molar-refractivity contribution in [3.63, 3.8) is 0 Å². The number of carbonyl (C=O) groups excluding carboxylic acids is 1. The van der Waals surface area contributed by atoms with E-state index < -0.39 is 0 Å². The van der Waals surface area contributed by atoms with E-state index in [1.54, 1.807) is 0 Å². The highest BCUT2D eigenvalue weighted by Crippen LogP contribution is 2.26. The first-order valence-corrected chi connectivity index (χ1v) is 8.20. The van der Waals surface area contributed by atoms with Gasteiger partial charge in [0.25, 0.3) is 0 Å². The molecule has 2 heterocycles. The number of anilines is 1. The van der Waals surface area contributed by atoms with Gasteiger partial charge in [-0.05, 0) is 69.1 Å². The van der Waals surface area contributed by atoms with Crippen LogP contribution in [-0.2, 0) is 4.79 Å². The molecule has 1 aromatic carbocycles. The number of rotatable bonds is 5. The van der Waals surface area contributed by atoms with Crippen LogP contribution >= 0.6 is 0 Å². The first-order valence-electron chi connectivity index (χ1n) is 8.20. The Bertz CT molecular complexity index is 503. The molecule has 2 fully saturated rings. The maximum atomic E-state index is 12.2. The third-order valence-electron chi connectivity index (χ3n) is 4.60. The van der Waals surface area contributed by atoms with E-state index in [2.05, 4.69) is 15.5 Å². The predicted molar refractivity (Wildman–Crippen MR) is 87.1 cm³/mol. The second-order valence-corrected chi connectivity index (χ2v) is 6.21. The smallest absolute Gasteiger partial charge is 0.238 e. The summed E-state index contributed by atoms with van der Waals surface area (Å²) in [6.07, 6.45) is 1.20. The van der Waals surface area contributed by atoms with Crippen molar-refractivity contribution >= 4 is 11.6 Å². The van der Waals surface area contributed by atoms with E-state index in [1.807, 2.05) is 31.2 Å². The van der Waals surface area contributed by atoms with Gasteiger partial charge in [-0.25, -0.2) is 0 Å². The number of nitrogens with zero attached hydrogens (tertiary/aromatic N) is 1. The number of amides is 1. The lowest BCUT2D eigenvalue weighted by atomic mass is 9.89. The van der Waals surface area contributed by atoms with Crippen molar-refractivity contribution in [2.45, 2.75) is 13.3 Å². The number of piperidine rings is 1. The molecule has 5 heteroatoms. The van der Waals surface area contributed by atoms with E-state index in [-0.39, 0.29) is 5.91 Å². The molecule has 2 N–H and O–H groups in total. The number of hydrogen-bond donors (Lipinski definition) is 2. The van der Waals surface area contributed by atoms with Crippen molar-refractivity contribution in [2.24, 2.45) is 11.8 Å². The van der Waals surface area contributed by atoms with Crippen LogP contribution in [0.25, 0.3) is 0 Å². The fraction of sp³-hybridized carbons (Fsp3) is 0.588. The molecule has 22 heavy (non-hydrogen) atoms. The number of ether oxygens (including phenoxy) is 1. The highest BCUT2D eigenvalue weighted by molar-refractivity contribution is 5.92. The molecule has 1 aromatic rings. The molecule has 2 aliphatic heterocycles. The van der Waals surface area contributed by atoms with Gasteiger partial charge in [-0.1, -0.05) is 0 Å². The molecule has 0 bridgehead atoms. The Kier molecular flexibility index (Phi) is 4.95. The Morgan fingerprint density at radius 1 is 1.32 bits per heavy atom. The second-order valence-electron chi connectivity index (χ2n) is 6.21. The highest BCUT2D eigenvalue weighted by Gasteiger charge is 2.33. The minimum absolute atomic E-state index is 0.0635. The molecule has 0 saturated carbocycles. The summed E-state index contributed by atoms with van der Waals surface area (Å²) in [5.41, 5.74) is 0.825. The molecular weight excluding hydrogens is 278 g/mol. The van der Waals surface area contributed by atoms with Crippen molar-refractivity contribution in [1.29, 1.82) is 0 Å². The van der Waals surface area contributed by atoms with Crippen LogP contribution in [0.1, 0.15) is 13.3 Å². The Morgan fingerprint density at radius 3 is 2.86 bits per heavy atom. The minimum Gasteiger partial charge on any atom is -0.494 e. The van der Waals surface area contributed by atoms with E-state index >= 15 is 0 Å². The zero-order valence-electron chi connectivity index (χ0n) is 13.2. The first kappa shape index (κ1) is 15.3. The molecule has 0 radical (unpaired) electrons. The van der Waals surface area contributed by atoms with Crippen LogP contribution in [0.15, 0.2) is 24.3 Å². The average Bonchev–Trinajstić information content (AvgIpc) is 2.97. The van der Waals surface area contributed by atoms with Crippen LogP contribution < -0.4 is 15.4 Å². The van der Waals surface area contributed by atoms with Gasteiger partial charge in [-0.3, -0.25) is 9.69 Å². The topological polar surface area (TPSA) is 53.6 Å². The van der Waals surface area contributed by atoms with Crippen molar-refractivity contribution in [1.82, 2.24) is 10.2 Å². The summed E-state index contributed by atoms with van der Waals surface area (Å²) in [7, 11) is 0. The number of carbonyl (C=O) groups is 1. The van der Waals surface area contributed by atoms with Gasteiger partial charge >= 0.3 is 0 Å². The Morgan fingerprint density at radius 2 is 2.09 bits per heavy atom. The summed E-state index contributed by atoms with van der Waals surface area (Å²) in [5.74, 6) is 2.42. The molecular formula is C17H25N3O2. The predicted octanol–water partition coefficient (Wildman–Crippen LogP) is 1.57. The van der Waals surface area contributed by atoms with E-state index in [0.29, 0.717) is 19.1 Å². The maximum Gasteiger partial charge on any atom is 0.238 e. The summed E-state index contributed by atoms with van der Waals surface area (Å²) < 4.78 is 5.40. The maximum absolute atomic E-state index is 12.2. The first-order chi connectivity index (χ1) is 10.7. The SMILES string of the molecule is CCOc1ccc(NC(=O)CN2CCC3CNCC3C2)cc1. The number of hydrogen-bond acceptors (Lipinski definition) is 4. The summed E-state index contributed by atoms with van der Waals surface area (Å²) >= 11 is 0. The molecule has 0 aliphatic carbocycles. The fourth-order valence-corrected chi connectivity index (χ4v) is 3.46. The summed E-state index contributed by atoms with van der Waals surface area (Å²) in [6.45, 7) is 7.40. The lowest BCUT2D eigenvalue weighted by Gasteiger charge is -2.33. The van der Waals surface area contributed by atoms with Crippen LogP contribution in [0.5, 0.6) is 5.75 Å². The van der Waals surface area contributed by atoms with Crippen molar-refractivity contribution < 1.29 is 9.53 Å². The summed E-state index contributed by atoms with van der Waals surface area (Å²) in [4.78, 5) is 14.5. The number of likely N-dealkylation sites (tertiary alicyclic amines) is 1. The average molecular weight is 303 g/mol. The van der Waals surface area contributed by atoms with Crippen LogP contribution in [0, 0.1) is 11.8 Å². The van der Waals surface area contributed by atoms with Gasteiger partial charge in [0, 0.05) is 12.2 Å². The summed E-state index contributed by atoms with van der Waals surface area (Å²) in [5, 5.41) is 6.42. The van der Waals surface area contributed by atoms with Crippen molar-refractivity contribution in [3.05, 3.63) is 24.3 Å². The molecule has 2 saturated heterocycles. The summed E-state index contributed by atoms with van der Waals surface area (Å²) in [6, 6.07) is 7.54. The van der Waals surface area contributed by atoms with Crippen LogP contribution in [0.2, 0.25) is 0 Å². The lowest BCUT2D eigenvalue weighted by Crippen LogP contribution is -2.43. The quantitative estimate of drug-likeness (QED) is 0.867. The Balaban J connectivity index is 1.47. The molecule has 0 spiro atoms. The zero-order valence-corrected chi connectivity index (χ0v) is 13.2. The van der Waals surface area contributed by atoms with Gasteiger partial charge in [0.05, 0.1) is 13.2 Å². The molecule has 5 nitrogen and oxygen atoms in total. The van der Waals surface area contributed by atoms with E-state index in [0.717, 1.165) is 43.5 Å². The third kappa shape index (κ3) is 3.78. The molecule has 2 unspecified atom stereocenters. The molecule has 1 amide bonds. The Labute approximate surface area is 132 Å². The lowest BCUT2D eigenvalue weighted by molar-refractivity contribution is -0.117. The van der Waals surface area contributed by atoms with E-state index in [1.165, 1.54) is 6.42 Å². The van der Waals surface area contributed by atoms with Gasteiger partial charge in [0.15, 0.2) is 0 Å². The van der Waals surface area contributed by atoms with Gasteiger partial charge in [-0.15, -0.1) is 0 Å². The van der Waals surface area contributed by atoms with Crippen LogP contribution in [0.3, 0.4) is 0 Å². The molecule has 0 aromatic heterocycles. The molecule has 2 atom stereocenters. The number of fused-ring (bicyclic) bond motifs is 1. The van der Waals surface area contributed by atoms with Crippen molar-refractivity contribution in [3.8, 4) is 5.75 Å². The van der Waals surface area contributed by atoms with E-state index in [9.17, 15) is 4.79 Å². The standard InChI is InChI=1S/C17H25N3O2/c1-2-22-16-5-3-15(4-6-16)19-17(21)12-20-8-7-13-9-18-10-14(13)11-20/h3-6,13-14,18H,2,7-12H2,1H3,(H,19,21). The normalized spacial score (nSPS) is 24.8. The van der Waals surface area contributed by atoms with Gasteiger partial charge < -0.3 is 15.4 Å². The minimum atomic E-state index is 0.0635. The molecule has 120 valence electrons. The molecule has 2 aliphatic rings. The third-order valence-corrected chi connectivity index (χ3v) is 4.60. The zero-order chi connectivity index (χ0) is 15.4. The van der Waals surface area contributed by atoms with Crippen LogP contribution in [-0.4, -0.2) is 50.1 Å². The van der Waals surface area contributed by atoms with Crippen LogP contribution in [0.4, 0.5) is 5.69 Å².